The first kappa shape index (κ1) is 18.3. The van der Waals surface area contributed by atoms with E-state index in [1.54, 1.807) is 11.3 Å². The maximum atomic E-state index is 12.5. The average Bonchev–Trinajstić information content (AvgIpc) is 3.41. The van der Waals surface area contributed by atoms with Crippen LogP contribution in [0, 0.1) is 0 Å². The predicted molar refractivity (Wildman–Crippen MR) is 109 cm³/mol. The molecule has 2 aromatic heterocycles. The van der Waals surface area contributed by atoms with Gasteiger partial charge in [0.2, 0.25) is 0 Å². The van der Waals surface area contributed by atoms with E-state index in [1.807, 2.05) is 17.2 Å². The van der Waals surface area contributed by atoms with Gasteiger partial charge in [-0.05, 0) is 42.0 Å². The maximum absolute atomic E-state index is 12.5. The van der Waals surface area contributed by atoms with Gasteiger partial charge in [0.25, 0.3) is 0 Å². The number of anilines is 1. The summed E-state index contributed by atoms with van der Waals surface area (Å²) in [6.07, 6.45) is 4.32. The lowest BCUT2D eigenvalue weighted by Gasteiger charge is -2.34. The normalized spacial score (nSPS) is 18.1. The minimum absolute atomic E-state index is 0.0327. The van der Waals surface area contributed by atoms with Crippen LogP contribution in [0.2, 0.25) is 0 Å². The van der Waals surface area contributed by atoms with Crippen molar-refractivity contribution in [2.24, 2.45) is 0 Å². The van der Waals surface area contributed by atoms with Crippen LogP contribution in [0.5, 0.6) is 0 Å². The molecule has 0 unspecified atom stereocenters. The number of nitrogens with one attached hydrogen (secondary N) is 1. The van der Waals surface area contributed by atoms with Crippen molar-refractivity contribution in [3.63, 3.8) is 0 Å². The molecule has 27 heavy (non-hydrogen) atoms. The number of carbonyl (C=O) groups is 1. The van der Waals surface area contributed by atoms with Crippen LogP contribution in [0.4, 0.5) is 10.6 Å². The summed E-state index contributed by atoms with van der Waals surface area (Å²) < 4.78 is 0. The first-order valence-corrected chi connectivity index (χ1v) is 10.6. The molecule has 2 saturated heterocycles. The van der Waals surface area contributed by atoms with Crippen molar-refractivity contribution >= 4 is 23.2 Å². The smallest absolute Gasteiger partial charge is 0.317 e. The first-order valence-electron chi connectivity index (χ1n) is 9.75. The van der Waals surface area contributed by atoms with Crippen molar-refractivity contribution in [1.82, 2.24) is 20.1 Å². The Morgan fingerprint density at radius 1 is 1.11 bits per heavy atom. The summed E-state index contributed by atoms with van der Waals surface area (Å²) in [6, 6.07) is 8.39. The maximum Gasteiger partial charge on any atom is 0.317 e. The number of carbonyl (C=O) groups excluding carboxylic acids is 1. The van der Waals surface area contributed by atoms with Crippen LogP contribution in [-0.4, -0.2) is 60.1 Å². The van der Waals surface area contributed by atoms with Gasteiger partial charge in [-0.2, -0.15) is 0 Å². The van der Waals surface area contributed by atoms with E-state index in [0.29, 0.717) is 6.54 Å². The predicted octanol–water partition coefficient (Wildman–Crippen LogP) is 2.77. The van der Waals surface area contributed by atoms with E-state index in [2.05, 4.69) is 43.7 Å². The zero-order chi connectivity index (χ0) is 18.5. The van der Waals surface area contributed by atoms with Gasteiger partial charge in [0, 0.05) is 63.4 Å². The molecule has 4 heterocycles. The second-order valence-electron chi connectivity index (χ2n) is 7.22. The second-order valence-corrected chi connectivity index (χ2v) is 8.25. The highest BCUT2D eigenvalue weighted by molar-refractivity contribution is 7.09. The van der Waals surface area contributed by atoms with Crippen LogP contribution >= 0.6 is 11.3 Å². The highest BCUT2D eigenvalue weighted by Gasteiger charge is 2.21. The Bertz CT molecular complexity index is 737. The lowest BCUT2D eigenvalue weighted by molar-refractivity contribution is 0.135. The lowest BCUT2D eigenvalue weighted by atomic mass is 10.2. The standard InChI is InChI=1S/C20H27N5OS/c26-20(25-11-9-23(10-12-25)16-18-4-3-13-27-18)22-15-17-5-6-21-19(14-17)24-7-1-2-8-24/h3-6,13-14H,1-2,7-12,15-16H2,(H,22,26). The van der Waals surface area contributed by atoms with Gasteiger partial charge in [0.15, 0.2) is 0 Å². The molecule has 2 aromatic rings. The molecule has 2 amide bonds. The molecule has 0 saturated carbocycles. The number of pyridine rings is 1. The molecule has 0 aromatic carbocycles. The van der Waals surface area contributed by atoms with Gasteiger partial charge in [-0.3, -0.25) is 4.90 Å². The highest BCUT2D eigenvalue weighted by Crippen LogP contribution is 2.18. The number of aromatic nitrogens is 1. The monoisotopic (exact) mass is 385 g/mol. The largest absolute Gasteiger partial charge is 0.357 e. The summed E-state index contributed by atoms with van der Waals surface area (Å²) in [7, 11) is 0. The molecule has 4 rings (SSSR count). The van der Waals surface area contributed by atoms with Gasteiger partial charge >= 0.3 is 6.03 Å². The van der Waals surface area contributed by atoms with E-state index >= 15 is 0 Å². The molecule has 144 valence electrons. The Balaban J connectivity index is 1.23. The molecule has 2 aliphatic rings. The Labute approximate surface area is 164 Å². The summed E-state index contributed by atoms with van der Waals surface area (Å²) in [4.78, 5) is 25.0. The van der Waals surface area contributed by atoms with Crippen LogP contribution in [0.15, 0.2) is 35.8 Å². The number of urea groups is 1. The fourth-order valence-electron chi connectivity index (χ4n) is 3.71. The number of rotatable bonds is 5. The quantitative estimate of drug-likeness (QED) is 0.860. The van der Waals surface area contributed by atoms with Crippen LogP contribution < -0.4 is 10.2 Å². The molecular weight excluding hydrogens is 358 g/mol. The second kappa shape index (κ2) is 8.71. The van der Waals surface area contributed by atoms with Crippen molar-refractivity contribution in [2.45, 2.75) is 25.9 Å². The molecule has 2 fully saturated rings. The topological polar surface area (TPSA) is 51.7 Å². The molecule has 0 aliphatic carbocycles. The lowest BCUT2D eigenvalue weighted by Crippen LogP contribution is -2.51. The third-order valence-electron chi connectivity index (χ3n) is 5.30. The van der Waals surface area contributed by atoms with Gasteiger partial charge in [0.1, 0.15) is 5.82 Å². The van der Waals surface area contributed by atoms with Gasteiger partial charge in [-0.1, -0.05) is 6.07 Å². The van der Waals surface area contributed by atoms with Crippen molar-refractivity contribution in [2.75, 3.05) is 44.2 Å². The minimum atomic E-state index is 0.0327. The molecule has 6 nitrogen and oxygen atoms in total. The fraction of sp³-hybridized carbons (Fsp3) is 0.500. The van der Waals surface area contributed by atoms with E-state index in [-0.39, 0.29) is 6.03 Å². The molecule has 0 spiro atoms. The highest BCUT2D eigenvalue weighted by atomic mass is 32.1. The van der Waals surface area contributed by atoms with Crippen molar-refractivity contribution < 1.29 is 4.79 Å². The van der Waals surface area contributed by atoms with Crippen LogP contribution in [0.1, 0.15) is 23.3 Å². The zero-order valence-corrected chi connectivity index (χ0v) is 16.5. The van der Waals surface area contributed by atoms with Crippen LogP contribution in [-0.2, 0) is 13.1 Å². The number of hydrogen-bond donors (Lipinski definition) is 1. The summed E-state index contributed by atoms with van der Waals surface area (Å²) >= 11 is 1.80. The summed E-state index contributed by atoms with van der Waals surface area (Å²) in [5.74, 6) is 1.03. The molecule has 0 atom stereocenters. The van der Waals surface area contributed by atoms with E-state index in [4.69, 9.17) is 0 Å². The molecule has 1 N–H and O–H groups in total. The number of amides is 2. The SMILES string of the molecule is O=C(NCc1ccnc(N2CCCC2)c1)N1CCN(Cc2cccs2)CC1. The molecule has 0 bridgehead atoms. The summed E-state index contributed by atoms with van der Waals surface area (Å²) in [6.45, 7) is 7.14. The van der Waals surface area contributed by atoms with E-state index in [0.717, 1.165) is 57.2 Å². The molecular formula is C20H27N5OS. The third kappa shape index (κ3) is 4.78. The number of hydrogen-bond acceptors (Lipinski definition) is 5. The Kier molecular flexibility index (Phi) is 5.89. The summed E-state index contributed by atoms with van der Waals surface area (Å²) in [5, 5.41) is 5.19. The van der Waals surface area contributed by atoms with Crippen molar-refractivity contribution in [3.8, 4) is 0 Å². The van der Waals surface area contributed by atoms with Crippen molar-refractivity contribution in [3.05, 3.63) is 46.3 Å². The van der Waals surface area contributed by atoms with E-state index in [9.17, 15) is 4.79 Å². The number of piperazine rings is 1. The Hall–Kier alpha value is -2.12. The Morgan fingerprint density at radius 2 is 1.93 bits per heavy atom. The van der Waals surface area contributed by atoms with E-state index in [1.165, 1.54) is 17.7 Å². The zero-order valence-electron chi connectivity index (χ0n) is 15.6. The molecule has 0 radical (unpaired) electrons. The first-order chi connectivity index (χ1) is 13.3. The Morgan fingerprint density at radius 3 is 2.67 bits per heavy atom. The van der Waals surface area contributed by atoms with Gasteiger partial charge in [-0.25, -0.2) is 9.78 Å². The average molecular weight is 386 g/mol. The number of thiophene rings is 1. The van der Waals surface area contributed by atoms with Crippen LogP contribution in [0.3, 0.4) is 0 Å². The van der Waals surface area contributed by atoms with Gasteiger partial charge in [0.05, 0.1) is 0 Å². The number of nitrogens with zero attached hydrogens (tertiary/aromatic N) is 4. The van der Waals surface area contributed by atoms with E-state index < -0.39 is 0 Å². The van der Waals surface area contributed by atoms with Gasteiger partial charge in [-0.15, -0.1) is 11.3 Å². The fourth-order valence-corrected chi connectivity index (χ4v) is 4.46. The molecule has 7 heteroatoms. The third-order valence-corrected chi connectivity index (χ3v) is 6.16. The van der Waals surface area contributed by atoms with Crippen molar-refractivity contribution in [1.29, 1.82) is 0 Å². The minimum Gasteiger partial charge on any atom is -0.357 e. The molecule has 2 aliphatic heterocycles. The van der Waals surface area contributed by atoms with Crippen LogP contribution in [0.25, 0.3) is 0 Å². The van der Waals surface area contributed by atoms with Gasteiger partial charge < -0.3 is 15.1 Å². The summed E-state index contributed by atoms with van der Waals surface area (Å²) in [5.41, 5.74) is 1.11.